The summed E-state index contributed by atoms with van der Waals surface area (Å²) in [5, 5.41) is 5.66. The molecule has 3 aromatic carbocycles. The number of nitrogens with one attached hydrogen (secondary N) is 2. The second-order valence-corrected chi connectivity index (χ2v) is 7.81. The number of benzene rings is 3. The minimum atomic E-state index is -0.367. The summed E-state index contributed by atoms with van der Waals surface area (Å²) in [7, 11) is 0. The van der Waals surface area contributed by atoms with Crippen LogP contribution < -0.4 is 15.4 Å². The van der Waals surface area contributed by atoms with E-state index in [0.29, 0.717) is 17.8 Å². The van der Waals surface area contributed by atoms with Crippen molar-refractivity contribution in [3.8, 4) is 16.9 Å². The lowest BCUT2D eigenvalue weighted by Crippen LogP contribution is -2.23. The standard InChI is InChI=1S/C27H22N2O4/c30-26(22-3-1-4-23(16-22)29-27(31)25-5-2-13-32-25)28-17-18-6-8-19(9-7-18)20-10-11-24-21(15-20)12-14-33-24/h1-11,13,15-16H,12,14,17H2,(H,28,30)(H,29,31). The molecule has 2 heterocycles. The molecule has 0 saturated carbocycles. The fraction of sp³-hybridized carbons (Fsp3) is 0.111. The number of ether oxygens (including phenoxy) is 1. The van der Waals surface area contributed by atoms with Gasteiger partial charge in [0.2, 0.25) is 0 Å². The molecule has 0 unspecified atom stereocenters. The lowest BCUT2D eigenvalue weighted by molar-refractivity contribution is 0.0949. The van der Waals surface area contributed by atoms with Crippen molar-refractivity contribution < 1.29 is 18.7 Å². The largest absolute Gasteiger partial charge is 0.493 e. The van der Waals surface area contributed by atoms with Gasteiger partial charge in [-0.05, 0) is 64.7 Å². The van der Waals surface area contributed by atoms with Gasteiger partial charge in [0.25, 0.3) is 11.8 Å². The van der Waals surface area contributed by atoms with Gasteiger partial charge in [0, 0.05) is 24.2 Å². The molecule has 0 aliphatic carbocycles. The lowest BCUT2D eigenvalue weighted by atomic mass is 10.0. The van der Waals surface area contributed by atoms with E-state index in [4.69, 9.17) is 9.15 Å². The van der Waals surface area contributed by atoms with Crippen molar-refractivity contribution >= 4 is 17.5 Å². The molecule has 1 aromatic heterocycles. The van der Waals surface area contributed by atoms with Gasteiger partial charge in [-0.3, -0.25) is 9.59 Å². The van der Waals surface area contributed by atoms with Gasteiger partial charge in [-0.25, -0.2) is 0 Å². The third-order valence-corrected chi connectivity index (χ3v) is 5.56. The van der Waals surface area contributed by atoms with Crippen LogP contribution in [0.1, 0.15) is 32.0 Å². The van der Waals surface area contributed by atoms with Crippen molar-refractivity contribution in [2.45, 2.75) is 13.0 Å². The fourth-order valence-corrected chi connectivity index (χ4v) is 3.80. The molecule has 33 heavy (non-hydrogen) atoms. The second-order valence-electron chi connectivity index (χ2n) is 7.81. The third kappa shape index (κ3) is 4.65. The van der Waals surface area contributed by atoms with Gasteiger partial charge < -0.3 is 19.8 Å². The van der Waals surface area contributed by atoms with E-state index in [-0.39, 0.29) is 17.6 Å². The Morgan fingerprint density at radius 2 is 1.70 bits per heavy atom. The van der Waals surface area contributed by atoms with Gasteiger partial charge in [0.15, 0.2) is 5.76 Å². The molecule has 0 bridgehead atoms. The van der Waals surface area contributed by atoms with Crippen molar-refractivity contribution in [1.82, 2.24) is 5.32 Å². The predicted molar refractivity (Wildman–Crippen MR) is 125 cm³/mol. The average molecular weight is 438 g/mol. The molecule has 2 amide bonds. The molecule has 0 radical (unpaired) electrons. The van der Waals surface area contributed by atoms with Crippen LogP contribution in [0.4, 0.5) is 5.69 Å². The third-order valence-electron chi connectivity index (χ3n) is 5.56. The van der Waals surface area contributed by atoms with Crippen molar-refractivity contribution in [3.05, 3.63) is 108 Å². The number of hydrogen-bond donors (Lipinski definition) is 2. The summed E-state index contributed by atoms with van der Waals surface area (Å²) >= 11 is 0. The monoisotopic (exact) mass is 438 g/mol. The van der Waals surface area contributed by atoms with E-state index in [1.54, 1.807) is 36.4 Å². The molecule has 0 atom stereocenters. The van der Waals surface area contributed by atoms with Crippen molar-refractivity contribution in [2.24, 2.45) is 0 Å². The number of anilines is 1. The first kappa shape index (κ1) is 20.6. The zero-order valence-corrected chi connectivity index (χ0v) is 17.8. The highest BCUT2D eigenvalue weighted by atomic mass is 16.5. The van der Waals surface area contributed by atoms with Crippen molar-refractivity contribution in [2.75, 3.05) is 11.9 Å². The molecule has 6 heteroatoms. The minimum absolute atomic E-state index is 0.210. The number of fused-ring (bicyclic) bond motifs is 1. The van der Waals surface area contributed by atoms with Crippen LogP contribution in [0.2, 0.25) is 0 Å². The maximum absolute atomic E-state index is 12.6. The molecule has 0 spiro atoms. The summed E-state index contributed by atoms with van der Waals surface area (Å²) in [6.07, 6.45) is 2.38. The molecule has 6 nitrogen and oxygen atoms in total. The molecule has 1 aliphatic rings. The molecule has 5 rings (SSSR count). The predicted octanol–water partition coefficient (Wildman–Crippen LogP) is 5.06. The summed E-state index contributed by atoms with van der Waals surface area (Å²) in [5.41, 5.74) is 5.51. The molecular weight excluding hydrogens is 416 g/mol. The van der Waals surface area contributed by atoms with Crippen LogP contribution in [0.3, 0.4) is 0 Å². The van der Waals surface area contributed by atoms with Gasteiger partial charge in [-0.1, -0.05) is 36.4 Å². The maximum atomic E-state index is 12.6. The number of rotatable bonds is 6. The normalized spacial score (nSPS) is 12.0. The molecular formula is C27H22N2O4. The van der Waals surface area contributed by atoms with Crippen LogP contribution in [0.25, 0.3) is 11.1 Å². The Bertz CT molecular complexity index is 1290. The number of amides is 2. The molecule has 0 fully saturated rings. The summed E-state index contributed by atoms with van der Waals surface area (Å²) in [6.45, 7) is 1.15. The number of carbonyl (C=O) groups is 2. The van der Waals surface area contributed by atoms with E-state index in [9.17, 15) is 9.59 Å². The summed E-state index contributed by atoms with van der Waals surface area (Å²) in [4.78, 5) is 24.8. The van der Waals surface area contributed by atoms with E-state index in [0.717, 1.165) is 35.5 Å². The smallest absolute Gasteiger partial charge is 0.291 e. The van der Waals surface area contributed by atoms with Gasteiger partial charge in [-0.15, -0.1) is 0 Å². The second kappa shape index (κ2) is 9.04. The summed E-state index contributed by atoms with van der Waals surface area (Å²) in [5.74, 6) is 0.601. The quantitative estimate of drug-likeness (QED) is 0.441. The van der Waals surface area contributed by atoms with Gasteiger partial charge in [-0.2, -0.15) is 0 Å². The van der Waals surface area contributed by atoms with E-state index in [1.807, 2.05) is 18.2 Å². The Kier molecular flexibility index (Phi) is 5.64. The highest BCUT2D eigenvalue weighted by Gasteiger charge is 2.13. The van der Waals surface area contributed by atoms with E-state index >= 15 is 0 Å². The number of carbonyl (C=O) groups excluding carboxylic acids is 2. The van der Waals surface area contributed by atoms with Crippen LogP contribution >= 0.6 is 0 Å². The molecule has 1 aliphatic heterocycles. The molecule has 0 saturated heterocycles. The Balaban J connectivity index is 1.20. The van der Waals surface area contributed by atoms with E-state index in [1.165, 1.54) is 11.8 Å². The Morgan fingerprint density at radius 1 is 0.848 bits per heavy atom. The van der Waals surface area contributed by atoms with Crippen molar-refractivity contribution in [1.29, 1.82) is 0 Å². The highest BCUT2D eigenvalue weighted by Crippen LogP contribution is 2.30. The highest BCUT2D eigenvalue weighted by molar-refractivity contribution is 6.03. The van der Waals surface area contributed by atoms with Gasteiger partial charge in [0.1, 0.15) is 5.75 Å². The number of hydrogen-bond acceptors (Lipinski definition) is 4. The van der Waals surface area contributed by atoms with Crippen LogP contribution in [0.5, 0.6) is 5.75 Å². The Morgan fingerprint density at radius 3 is 2.52 bits per heavy atom. The zero-order chi connectivity index (χ0) is 22.6. The van der Waals surface area contributed by atoms with E-state index < -0.39 is 0 Å². The Hall–Kier alpha value is -4.32. The van der Waals surface area contributed by atoms with Crippen LogP contribution in [0, 0.1) is 0 Å². The molecule has 4 aromatic rings. The van der Waals surface area contributed by atoms with Gasteiger partial charge in [0.05, 0.1) is 12.9 Å². The fourth-order valence-electron chi connectivity index (χ4n) is 3.80. The molecule has 2 N–H and O–H groups in total. The van der Waals surface area contributed by atoms with Crippen LogP contribution in [-0.4, -0.2) is 18.4 Å². The first-order valence-corrected chi connectivity index (χ1v) is 10.7. The first-order chi connectivity index (χ1) is 16.2. The zero-order valence-electron chi connectivity index (χ0n) is 17.8. The van der Waals surface area contributed by atoms with Crippen LogP contribution in [0.15, 0.2) is 89.5 Å². The topological polar surface area (TPSA) is 80.6 Å². The van der Waals surface area contributed by atoms with E-state index in [2.05, 4.69) is 34.9 Å². The minimum Gasteiger partial charge on any atom is -0.493 e. The SMILES string of the molecule is O=C(NCc1ccc(-c2ccc3c(c2)CCO3)cc1)c1cccc(NC(=O)c2ccco2)c1. The summed E-state index contributed by atoms with van der Waals surface area (Å²) < 4.78 is 10.7. The average Bonchev–Trinajstić information content (AvgIpc) is 3.55. The maximum Gasteiger partial charge on any atom is 0.291 e. The van der Waals surface area contributed by atoms with Gasteiger partial charge >= 0.3 is 0 Å². The molecule has 164 valence electrons. The summed E-state index contributed by atoms with van der Waals surface area (Å²) in [6, 6.07) is 24.4. The first-order valence-electron chi connectivity index (χ1n) is 10.7. The lowest BCUT2D eigenvalue weighted by Gasteiger charge is -2.09. The Labute approximate surface area is 191 Å². The van der Waals surface area contributed by atoms with Crippen LogP contribution in [-0.2, 0) is 13.0 Å². The number of furan rings is 1. The van der Waals surface area contributed by atoms with Crippen molar-refractivity contribution in [3.63, 3.8) is 0 Å².